The van der Waals surface area contributed by atoms with Crippen LogP contribution in [-0.2, 0) is 18.6 Å². The summed E-state index contributed by atoms with van der Waals surface area (Å²) in [5.41, 5.74) is 1.56. The molecule has 0 aliphatic heterocycles. The van der Waals surface area contributed by atoms with Crippen molar-refractivity contribution in [1.82, 2.24) is 9.78 Å². The van der Waals surface area contributed by atoms with Crippen molar-refractivity contribution in [2.24, 2.45) is 5.92 Å². The standard InChI is InChI=1S/C12H21ClN2O/c1-8(2)6-15-11(13)9(7-16)10(14-15)12(3,4)5/h8,16H,6-7H2,1-5H3. The molecule has 0 saturated carbocycles. The number of aliphatic hydroxyl groups is 1. The van der Waals surface area contributed by atoms with Crippen LogP contribution >= 0.6 is 11.6 Å². The van der Waals surface area contributed by atoms with E-state index in [0.717, 1.165) is 17.8 Å². The molecule has 0 atom stereocenters. The van der Waals surface area contributed by atoms with Crippen molar-refractivity contribution >= 4 is 11.6 Å². The number of aliphatic hydroxyl groups excluding tert-OH is 1. The quantitative estimate of drug-likeness (QED) is 0.888. The Balaban J connectivity index is 3.20. The van der Waals surface area contributed by atoms with E-state index in [2.05, 4.69) is 39.7 Å². The molecular weight excluding hydrogens is 224 g/mol. The van der Waals surface area contributed by atoms with E-state index in [-0.39, 0.29) is 12.0 Å². The van der Waals surface area contributed by atoms with Crippen LogP contribution in [0, 0.1) is 5.92 Å². The first-order valence-corrected chi connectivity index (χ1v) is 6.01. The third kappa shape index (κ3) is 2.77. The number of nitrogens with zero attached hydrogens (tertiary/aromatic N) is 2. The van der Waals surface area contributed by atoms with Crippen LogP contribution in [0.5, 0.6) is 0 Å². The third-order valence-corrected chi connectivity index (χ3v) is 2.81. The fourth-order valence-corrected chi connectivity index (χ4v) is 1.94. The fourth-order valence-electron chi connectivity index (χ4n) is 1.69. The average molecular weight is 245 g/mol. The largest absolute Gasteiger partial charge is 0.391 e. The maximum atomic E-state index is 9.37. The second-order valence-electron chi connectivity index (χ2n) is 5.60. The van der Waals surface area contributed by atoms with Gasteiger partial charge in [0, 0.05) is 17.5 Å². The lowest BCUT2D eigenvalue weighted by Gasteiger charge is -2.16. The second kappa shape index (κ2) is 4.76. The summed E-state index contributed by atoms with van der Waals surface area (Å²) >= 11 is 6.22. The van der Waals surface area contributed by atoms with E-state index in [4.69, 9.17) is 11.6 Å². The summed E-state index contributed by atoms with van der Waals surface area (Å²) in [6.07, 6.45) is 0. The molecule has 3 nitrogen and oxygen atoms in total. The van der Waals surface area contributed by atoms with Crippen LogP contribution in [0.4, 0.5) is 0 Å². The molecule has 0 aliphatic carbocycles. The average Bonchev–Trinajstić information content (AvgIpc) is 2.42. The molecule has 0 aromatic carbocycles. The Morgan fingerprint density at radius 3 is 2.25 bits per heavy atom. The molecule has 0 spiro atoms. The van der Waals surface area contributed by atoms with Crippen LogP contribution in [0.15, 0.2) is 0 Å². The van der Waals surface area contributed by atoms with Crippen molar-refractivity contribution in [3.63, 3.8) is 0 Å². The second-order valence-corrected chi connectivity index (χ2v) is 5.96. The first kappa shape index (κ1) is 13.5. The van der Waals surface area contributed by atoms with E-state index >= 15 is 0 Å². The minimum Gasteiger partial charge on any atom is -0.391 e. The van der Waals surface area contributed by atoms with E-state index in [1.807, 2.05) is 0 Å². The number of hydrogen-bond acceptors (Lipinski definition) is 2. The van der Waals surface area contributed by atoms with E-state index < -0.39 is 0 Å². The Labute approximate surface area is 102 Å². The van der Waals surface area contributed by atoms with Crippen molar-refractivity contribution in [2.75, 3.05) is 0 Å². The van der Waals surface area contributed by atoms with Gasteiger partial charge >= 0.3 is 0 Å². The first-order valence-electron chi connectivity index (χ1n) is 5.64. The van der Waals surface area contributed by atoms with Crippen molar-refractivity contribution in [1.29, 1.82) is 0 Å². The topological polar surface area (TPSA) is 38.0 Å². The summed E-state index contributed by atoms with van der Waals surface area (Å²) < 4.78 is 1.79. The van der Waals surface area contributed by atoms with Crippen molar-refractivity contribution < 1.29 is 5.11 Å². The minimum atomic E-state index is -0.0933. The van der Waals surface area contributed by atoms with Gasteiger partial charge < -0.3 is 5.11 Å². The number of hydrogen-bond donors (Lipinski definition) is 1. The summed E-state index contributed by atoms with van der Waals surface area (Å²) in [6.45, 7) is 11.2. The first-order chi connectivity index (χ1) is 7.27. The Kier molecular flexibility index (Phi) is 4.02. The summed E-state index contributed by atoms with van der Waals surface area (Å²) in [4.78, 5) is 0. The molecule has 1 aromatic rings. The molecule has 92 valence electrons. The van der Waals surface area contributed by atoms with Gasteiger partial charge in [-0.1, -0.05) is 46.2 Å². The molecule has 1 rings (SSSR count). The Bertz CT molecular complexity index is 364. The molecule has 0 aliphatic rings. The Morgan fingerprint density at radius 2 is 1.94 bits per heavy atom. The summed E-state index contributed by atoms with van der Waals surface area (Å²) in [5.74, 6) is 0.483. The van der Waals surface area contributed by atoms with Gasteiger partial charge in [-0.25, -0.2) is 0 Å². The number of aromatic nitrogens is 2. The van der Waals surface area contributed by atoms with Gasteiger partial charge in [0.15, 0.2) is 0 Å². The number of halogens is 1. The van der Waals surface area contributed by atoms with E-state index in [9.17, 15) is 5.11 Å². The van der Waals surface area contributed by atoms with Gasteiger partial charge in [0.2, 0.25) is 0 Å². The molecule has 4 heteroatoms. The van der Waals surface area contributed by atoms with Crippen LogP contribution in [0.3, 0.4) is 0 Å². The fraction of sp³-hybridized carbons (Fsp3) is 0.750. The normalized spacial score (nSPS) is 12.5. The zero-order valence-electron chi connectivity index (χ0n) is 10.7. The lowest BCUT2D eigenvalue weighted by molar-refractivity contribution is 0.278. The van der Waals surface area contributed by atoms with E-state index in [0.29, 0.717) is 11.1 Å². The van der Waals surface area contributed by atoms with Crippen molar-refractivity contribution in [3.8, 4) is 0 Å². The molecule has 0 amide bonds. The predicted octanol–water partition coefficient (Wildman–Crippen LogP) is 2.98. The Hall–Kier alpha value is -0.540. The Morgan fingerprint density at radius 1 is 1.38 bits per heavy atom. The van der Waals surface area contributed by atoms with E-state index in [1.165, 1.54) is 0 Å². The summed E-state index contributed by atoms with van der Waals surface area (Å²) in [6, 6.07) is 0. The van der Waals surface area contributed by atoms with Crippen molar-refractivity contribution in [2.45, 2.75) is 53.2 Å². The van der Waals surface area contributed by atoms with Gasteiger partial charge in [-0.05, 0) is 5.92 Å². The highest BCUT2D eigenvalue weighted by molar-refractivity contribution is 6.30. The van der Waals surface area contributed by atoms with Crippen molar-refractivity contribution in [3.05, 3.63) is 16.4 Å². The van der Waals surface area contributed by atoms with Gasteiger partial charge in [-0.15, -0.1) is 0 Å². The van der Waals surface area contributed by atoms with Gasteiger partial charge in [0.25, 0.3) is 0 Å². The summed E-state index contributed by atoms with van der Waals surface area (Å²) in [5, 5.41) is 14.5. The molecule has 0 radical (unpaired) electrons. The molecule has 0 saturated heterocycles. The van der Waals surface area contributed by atoms with Crippen LogP contribution in [0.1, 0.15) is 45.9 Å². The van der Waals surface area contributed by atoms with Crippen LogP contribution < -0.4 is 0 Å². The van der Waals surface area contributed by atoms with Gasteiger partial charge in [-0.2, -0.15) is 5.10 Å². The van der Waals surface area contributed by atoms with Gasteiger partial charge in [0.1, 0.15) is 5.15 Å². The highest BCUT2D eigenvalue weighted by Crippen LogP contribution is 2.30. The molecule has 1 N–H and O–H groups in total. The highest BCUT2D eigenvalue weighted by atomic mass is 35.5. The predicted molar refractivity (Wildman–Crippen MR) is 66.7 cm³/mol. The monoisotopic (exact) mass is 244 g/mol. The number of rotatable bonds is 3. The van der Waals surface area contributed by atoms with E-state index in [1.54, 1.807) is 4.68 Å². The molecular formula is C12H21ClN2O. The highest BCUT2D eigenvalue weighted by Gasteiger charge is 2.25. The molecule has 16 heavy (non-hydrogen) atoms. The van der Waals surface area contributed by atoms with Gasteiger partial charge in [0.05, 0.1) is 12.3 Å². The summed E-state index contributed by atoms with van der Waals surface area (Å²) in [7, 11) is 0. The molecule has 0 unspecified atom stereocenters. The molecule has 1 aromatic heterocycles. The van der Waals surface area contributed by atoms with Crippen LogP contribution in [0.2, 0.25) is 5.15 Å². The SMILES string of the molecule is CC(C)Cn1nc(C(C)(C)C)c(CO)c1Cl. The van der Waals surface area contributed by atoms with Crippen LogP contribution in [-0.4, -0.2) is 14.9 Å². The lowest BCUT2D eigenvalue weighted by atomic mass is 9.90. The zero-order chi connectivity index (χ0) is 12.5. The smallest absolute Gasteiger partial charge is 0.132 e. The molecule has 0 fully saturated rings. The zero-order valence-corrected chi connectivity index (χ0v) is 11.5. The van der Waals surface area contributed by atoms with Gasteiger partial charge in [-0.3, -0.25) is 4.68 Å². The minimum absolute atomic E-state index is 0.0521. The maximum Gasteiger partial charge on any atom is 0.132 e. The third-order valence-electron chi connectivity index (χ3n) is 2.39. The molecule has 1 heterocycles. The van der Waals surface area contributed by atoms with Crippen LogP contribution in [0.25, 0.3) is 0 Å². The maximum absolute atomic E-state index is 9.37. The lowest BCUT2D eigenvalue weighted by Crippen LogP contribution is -2.15. The molecule has 0 bridgehead atoms.